The summed E-state index contributed by atoms with van der Waals surface area (Å²) in [6.07, 6.45) is 0.859. The van der Waals surface area contributed by atoms with E-state index in [2.05, 4.69) is 20.9 Å². The minimum Gasteiger partial charge on any atom is -0.461 e. The van der Waals surface area contributed by atoms with Crippen molar-refractivity contribution in [2.45, 2.75) is 6.92 Å². The van der Waals surface area contributed by atoms with Gasteiger partial charge >= 0.3 is 12.0 Å². The molecule has 0 unspecified atom stereocenters. The molecule has 0 spiro atoms. The molecule has 0 amide bonds. The van der Waals surface area contributed by atoms with E-state index in [0.717, 1.165) is 6.26 Å². The molecule has 110 valence electrons. The first-order chi connectivity index (χ1) is 10.0. The largest absolute Gasteiger partial charge is 0.461 e. The third-order valence-corrected chi connectivity index (χ3v) is 2.95. The molecule has 1 heterocycles. The van der Waals surface area contributed by atoms with E-state index < -0.39 is 10.9 Å². The molecular formula is C12H9BrN2O6. The third kappa shape index (κ3) is 3.57. The molecule has 0 N–H and O–H groups in total. The number of aromatic nitrogens is 1. The minimum absolute atomic E-state index is 0.0478. The Morgan fingerprint density at radius 2 is 2.29 bits per heavy atom. The lowest BCUT2D eigenvalue weighted by atomic mass is 10.3. The van der Waals surface area contributed by atoms with Gasteiger partial charge in [-0.15, -0.1) is 0 Å². The molecule has 0 radical (unpaired) electrons. The van der Waals surface area contributed by atoms with Gasteiger partial charge in [0, 0.05) is 6.07 Å². The average molecular weight is 357 g/mol. The van der Waals surface area contributed by atoms with Crippen molar-refractivity contribution in [1.82, 2.24) is 4.98 Å². The van der Waals surface area contributed by atoms with Crippen LogP contribution in [0.2, 0.25) is 0 Å². The number of oxazole rings is 1. The Kier molecular flexibility index (Phi) is 4.53. The van der Waals surface area contributed by atoms with Crippen LogP contribution >= 0.6 is 15.9 Å². The molecule has 0 fully saturated rings. The van der Waals surface area contributed by atoms with E-state index in [1.165, 1.54) is 18.2 Å². The summed E-state index contributed by atoms with van der Waals surface area (Å²) in [6, 6.07) is 3.98. The molecule has 1 aromatic heterocycles. The molecule has 0 aliphatic heterocycles. The molecule has 8 nitrogen and oxygen atoms in total. The predicted octanol–water partition coefficient (Wildman–Crippen LogP) is 3.31. The van der Waals surface area contributed by atoms with Crippen LogP contribution in [-0.2, 0) is 4.74 Å². The zero-order valence-electron chi connectivity index (χ0n) is 10.7. The fourth-order valence-corrected chi connectivity index (χ4v) is 1.71. The molecule has 0 saturated heterocycles. The van der Waals surface area contributed by atoms with Crippen LogP contribution in [0.25, 0.3) is 0 Å². The maximum absolute atomic E-state index is 11.4. The van der Waals surface area contributed by atoms with Gasteiger partial charge < -0.3 is 13.9 Å². The van der Waals surface area contributed by atoms with Crippen molar-refractivity contribution >= 4 is 27.6 Å². The minimum atomic E-state index is -0.644. The number of halogens is 1. The highest BCUT2D eigenvalue weighted by Gasteiger charge is 2.17. The fourth-order valence-electron chi connectivity index (χ4n) is 1.38. The molecule has 9 heteroatoms. The summed E-state index contributed by atoms with van der Waals surface area (Å²) in [5.41, 5.74) is -0.196. The number of rotatable bonds is 5. The van der Waals surface area contributed by atoms with Crippen LogP contribution < -0.4 is 4.74 Å². The molecule has 21 heavy (non-hydrogen) atoms. The Balaban J connectivity index is 2.20. The number of benzene rings is 1. The first-order valence-electron chi connectivity index (χ1n) is 5.75. The van der Waals surface area contributed by atoms with Crippen LogP contribution in [-0.4, -0.2) is 22.5 Å². The highest BCUT2D eigenvalue weighted by Crippen LogP contribution is 2.32. The van der Waals surface area contributed by atoms with Crippen molar-refractivity contribution in [1.29, 1.82) is 0 Å². The van der Waals surface area contributed by atoms with Crippen molar-refractivity contribution in [3.8, 4) is 11.8 Å². The van der Waals surface area contributed by atoms with Crippen LogP contribution in [0.5, 0.6) is 11.8 Å². The highest BCUT2D eigenvalue weighted by atomic mass is 79.9. The van der Waals surface area contributed by atoms with Gasteiger partial charge in [-0.1, -0.05) is 0 Å². The number of non-ortho nitro benzene ring substituents is 1. The van der Waals surface area contributed by atoms with Gasteiger partial charge in [0.1, 0.15) is 6.26 Å². The van der Waals surface area contributed by atoms with Crippen LogP contribution in [0.4, 0.5) is 5.69 Å². The Labute approximate surface area is 127 Å². The first-order valence-corrected chi connectivity index (χ1v) is 6.55. The number of carbonyl (C=O) groups is 1. The van der Waals surface area contributed by atoms with E-state index in [-0.39, 0.29) is 29.8 Å². The van der Waals surface area contributed by atoms with Crippen LogP contribution in [0.15, 0.2) is 33.4 Å². The van der Waals surface area contributed by atoms with E-state index in [4.69, 9.17) is 13.9 Å². The summed E-state index contributed by atoms with van der Waals surface area (Å²) in [5, 5.41) is 10.7. The highest BCUT2D eigenvalue weighted by molar-refractivity contribution is 9.10. The standard InChI is InChI=1S/C12H9BrN2O6/c1-2-19-11(16)9-6-20-12(14-9)21-10-5-7(15(17)18)3-4-8(10)13/h3-6H,2H2,1H3. The lowest BCUT2D eigenvalue weighted by molar-refractivity contribution is -0.384. The molecular weight excluding hydrogens is 348 g/mol. The van der Waals surface area contributed by atoms with Gasteiger partial charge in [0.05, 0.1) is 22.1 Å². The smallest absolute Gasteiger partial charge is 0.399 e. The molecule has 0 atom stereocenters. The zero-order valence-corrected chi connectivity index (χ0v) is 12.3. The van der Waals surface area contributed by atoms with E-state index in [1.807, 2.05) is 0 Å². The average Bonchev–Trinajstić information content (AvgIpc) is 2.90. The number of esters is 1. The lowest BCUT2D eigenvalue weighted by Gasteiger charge is -2.02. The van der Waals surface area contributed by atoms with Crippen molar-refractivity contribution in [2.24, 2.45) is 0 Å². The quantitative estimate of drug-likeness (QED) is 0.459. The summed E-state index contributed by atoms with van der Waals surface area (Å²) in [4.78, 5) is 25.4. The van der Waals surface area contributed by atoms with Gasteiger partial charge in [-0.3, -0.25) is 10.1 Å². The SMILES string of the molecule is CCOC(=O)c1coc(Oc2cc([N+](=O)[O-])ccc2Br)n1. The van der Waals surface area contributed by atoms with E-state index in [9.17, 15) is 14.9 Å². The third-order valence-electron chi connectivity index (χ3n) is 2.29. The molecule has 0 saturated carbocycles. The fraction of sp³-hybridized carbons (Fsp3) is 0.167. The van der Waals surface area contributed by atoms with Crippen LogP contribution in [0.3, 0.4) is 0 Å². The van der Waals surface area contributed by atoms with Crippen LogP contribution in [0, 0.1) is 10.1 Å². The number of nitrogens with zero attached hydrogens (tertiary/aromatic N) is 2. The molecule has 2 rings (SSSR count). The second-order valence-corrected chi connectivity index (χ2v) is 4.55. The van der Waals surface area contributed by atoms with E-state index in [0.29, 0.717) is 4.47 Å². The first kappa shape index (κ1) is 15.0. The van der Waals surface area contributed by atoms with Gasteiger partial charge in [-0.2, -0.15) is 4.98 Å². The number of nitro groups is 1. The number of carbonyl (C=O) groups excluding carboxylic acids is 1. The summed E-state index contributed by atoms with van der Waals surface area (Å²) >= 11 is 3.19. The van der Waals surface area contributed by atoms with Gasteiger partial charge in [0.15, 0.2) is 11.4 Å². The van der Waals surface area contributed by atoms with E-state index >= 15 is 0 Å². The molecule has 1 aromatic carbocycles. The monoisotopic (exact) mass is 356 g/mol. The molecule has 0 aliphatic carbocycles. The maximum Gasteiger partial charge on any atom is 0.399 e. The van der Waals surface area contributed by atoms with Crippen molar-refractivity contribution in [3.63, 3.8) is 0 Å². The Bertz CT molecular complexity index is 684. The Morgan fingerprint density at radius 1 is 1.52 bits per heavy atom. The number of hydrogen-bond donors (Lipinski definition) is 0. The maximum atomic E-state index is 11.4. The Hall–Kier alpha value is -2.42. The molecule has 0 bridgehead atoms. The van der Waals surface area contributed by atoms with Crippen molar-refractivity contribution in [2.75, 3.05) is 6.61 Å². The summed E-state index contributed by atoms with van der Waals surface area (Å²) in [6.45, 7) is 1.87. The van der Waals surface area contributed by atoms with Gasteiger partial charge in [-0.25, -0.2) is 4.79 Å². The zero-order chi connectivity index (χ0) is 15.4. The lowest BCUT2D eigenvalue weighted by Crippen LogP contribution is -2.04. The second kappa shape index (κ2) is 6.35. The van der Waals surface area contributed by atoms with Gasteiger partial charge in [-0.05, 0) is 28.9 Å². The van der Waals surface area contributed by atoms with Crippen molar-refractivity contribution in [3.05, 3.63) is 44.7 Å². The van der Waals surface area contributed by atoms with Crippen LogP contribution in [0.1, 0.15) is 17.4 Å². The second-order valence-electron chi connectivity index (χ2n) is 3.69. The number of ether oxygens (including phenoxy) is 2. The summed E-state index contributed by atoms with van der Waals surface area (Å²) in [5.74, 6) is -0.504. The summed E-state index contributed by atoms with van der Waals surface area (Å²) in [7, 11) is 0. The summed E-state index contributed by atoms with van der Waals surface area (Å²) < 4.78 is 15.5. The molecule has 2 aromatic rings. The Morgan fingerprint density at radius 3 is 2.95 bits per heavy atom. The number of nitro benzene ring substituents is 1. The van der Waals surface area contributed by atoms with Gasteiger partial charge in [0.25, 0.3) is 5.69 Å². The normalized spacial score (nSPS) is 10.2. The van der Waals surface area contributed by atoms with Gasteiger partial charge in [0.2, 0.25) is 0 Å². The topological polar surface area (TPSA) is 105 Å². The van der Waals surface area contributed by atoms with E-state index in [1.54, 1.807) is 6.92 Å². The molecule has 0 aliphatic rings. The number of hydrogen-bond acceptors (Lipinski definition) is 7. The predicted molar refractivity (Wildman–Crippen MR) is 73.3 cm³/mol. The van der Waals surface area contributed by atoms with Crippen molar-refractivity contribution < 1.29 is 23.6 Å².